The summed E-state index contributed by atoms with van der Waals surface area (Å²) in [7, 11) is 1.33. The Balaban J connectivity index is 1.60. The van der Waals surface area contributed by atoms with Gasteiger partial charge < -0.3 is 33.7 Å². The van der Waals surface area contributed by atoms with Gasteiger partial charge in [0.2, 0.25) is 5.91 Å². The molecule has 4 fully saturated rings. The van der Waals surface area contributed by atoms with Gasteiger partial charge in [-0.2, -0.15) is 0 Å². The first kappa shape index (κ1) is 21.0. The van der Waals surface area contributed by atoms with Gasteiger partial charge in [0.1, 0.15) is 18.3 Å². The van der Waals surface area contributed by atoms with Gasteiger partial charge in [-0.1, -0.05) is 0 Å². The summed E-state index contributed by atoms with van der Waals surface area (Å²) in [5.41, 5.74) is -0.790. The van der Waals surface area contributed by atoms with E-state index >= 15 is 0 Å². The van der Waals surface area contributed by atoms with Crippen LogP contribution in [0.5, 0.6) is 0 Å². The van der Waals surface area contributed by atoms with Crippen LogP contribution in [-0.2, 0) is 38.0 Å². The minimum Gasteiger partial charge on any atom is -0.469 e. The second kappa shape index (κ2) is 7.14. The van der Waals surface area contributed by atoms with Crippen LogP contribution < -0.4 is 10.6 Å². The first-order chi connectivity index (χ1) is 13.6. The molecule has 2 N–H and O–H groups in total. The molecule has 0 bridgehead atoms. The van der Waals surface area contributed by atoms with Crippen molar-refractivity contribution in [2.75, 3.05) is 20.3 Å². The van der Waals surface area contributed by atoms with Gasteiger partial charge in [0.25, 0.3) is 0 Å². The molecule has 10 nitrogen and oxygen atoms in total. The SMILES string of the molecule is COC(=O)CC[C@@H]1N[C@]2(CNC1=O)[C@@H]([C@H]1COC(C)(C)O1)O[C@@H]1OC(C)(C)O[C@@H]12. The molecule has 4 aliphatic heterocycles. The van der Waals surface area contributed by atoms with E-state index in [1.165, 1.54) is 7.11 Å². The number of piperazine rings is 1. The monoisotopic (exact) mass is 414 g/mol. The largest absolute Gasteiger partial charge is 0.469 e. The molecule has 1 amide bonds. The lowest BCUT2D eigenvalue weighted by atomic mass is 9.82. The van der Waals surface area contributed by atoms with E-state index in [4.69, 9.17) is 28.4 Å². The van der Waals surface area contributed by atoms with Gasteiger partial charge in [-0.05, 0) is 34.1 Å². The maximum Gasteiger partial charge on any atom is 0.305 e. The smallest absolute Gasteiger partial charge is 0.305 e. The highest BCUT2D eigenvalue weighted by Gasteiger charge is 2.68. The van der Waals surface area contributed by atoms with Crippen molar-refractivity contribution in [2.45, 2.75) is 88.3 Å². The Kier molecular flexibility index (Phi) is 5.16. The molecule has 164 valence electrons. The molecule has 0 aromatic carbocycles. The second-order valence-electron chi connectivity index (χ2n) is 8.92. The lowest BCUT2D eigenvalue weighted by Gasteiger charge is -2.46. The Labute approximate surface area is 169 Å². The number of esters is 1. The molecule has 1 spiro atoms. The normalized spacial score (nSPS) is 42.7. The number of amides is 1. The summed E-state index contributed by atoms with van der Waals surface area (Å²) in [6, 6.07) is -0.602. The highest BCUT2D eigenvalue weighted by Crippen LogP contribution is 2.46. The molecule has 0 saturated carbocycles. The van der Waals surface area contributed by atoms with Gasteiger partial charge in [0, 0.05) is 13.0 Å². The molecule has 0 aromatic rings. The average molecular weight is 414 g/mol. The van der Waals surface area contributed by atoms with Gasteiger partial charge in [-0.15, -0.1) is 0 Å². The number of hydrogen-bond donors (Lipinski definition) is 2. The standard InChI is InChI=1S/C19H30N2O8/c1-17(2)25-8-11(27-17)13-19(14-16(26-13)29-18(3,4)28-14)9-20-15(23)10(21-19)6-7-12(22)24-5/h10-11,13-14,16,21H,6-9H2,1-5H3,(H,20,23)/t10-,11+,13+,14-,16+,19+/m0/s1. The van der Waals surface area contributed by atoms with E-state index in [1.807, 2.05) is 27.7 Å². The summed E-state index contributed by atoms with van der Waals surface area (Å²) in [6.07, 6.45) is -1.49. The summed E-state index contributed by atoms with van der Waals surface area (Å²) >= 11 is 0. The topological polar surface area (TPSA) is 114 Å². The van der Waals surface area contributed by atoms with Crippen LogP contribution in [0.1, 0.15) is 40.5 Å². The van der Waals surface area contributed by atoms with Gasteiger partial charge in [0.05, 0.1) is 25.3 Å². The number of methoxy groups -OCH3 is 1. The van der Waals surface area contributed by atoms with Crippen molar-refractivity contribution in [3.8, 4) is 0 Å². The zero-order valence-electron chi connectivity index (χ0n) is 17.5. The third-order valence-electron chi connectivity index (χ3n) is 5.90. The summed E-state index contributed by atoms with van der Waals surface area (Å²) in [5, 5.41) is 6.39. The minimum absolute atomic E-state index is 0.121. The van der Waals surface area contributed by atoms with Crippen molar-refractivity contribution in [1.29, 1.82) is 0 Å². The van der Waals surface area contributed by atoms with Crippen LogP contribution in [0.2, 0.25) is 0 Å². The van der Waals surface area contributed by atoms with Crippen molar-refractivity contribution in [3.05, 3.63) is 0 Å². The van der Waals surface area contributed by atoms with Crippen LogP contribution in [0.15, 0.2) is 0 Å². The molecule has 0 unspecified atom stereocenters. The van der Waals surface area contributed by atoms with Crippen molar-refractivity contribution in [2.24, 2.45) is 0 Å². The predicted octanol–water partition coefficient (Wildman–Crippen LogP) is -0.206. The van der Waals surface area contributed by atoms with E-state index in [0.717, 1.165) is 0 Å². The Morgan fingerprint density at radius 2 is 1.90 bits per heavy atom. The summed E-state index contributed by atoms with van der Waals surface area (Å²) in [4.78, 5) is 24.1. The number of ether oxygens (including phenoxy) is 6. The Bertz CT molecular complexity index is 683. The van der Waals surface area contributed by atoms with E-state index in [-0.39, 0.29) is 30.9 Å². The van der Waals surface area contributed by atoms with E-state index in [0.29, 0.717) is 13.0 Å². The molecule has 29 heavy (non-hydrogen) atoms. The first-order valence-corrected chi connectivity index (χ1v) is 10.0. The Morgan fingerprint density at radius 1 is 1.14 bits per heavy atom. The summed E-state index contributed by atoms with van der Waals surface area (Å²) in [6.45, 7) is 7.98. The van der Waals surface area contributed by atoms with E-state index in [1.54, 1.807) is 0 Å². The highest BCUT2D eigenvalue weighted by atomic mass is 16.8. The molecule has 6 atom stereocenters. The van der Waals surface area contributed by atoms with Gasteiger partial charge >= 0.3 is 5.97 Å². The fourth-order valence-corrected chi connectivity index (χ4v) is 4.62. The Morgan fingerprint density at radius 3 is 2.55 bits per heavy atom. The molecule has 0 radical (unpaired) electrons. The second-order valence-corrected chi connectivity index (χ2v) is 8.92. The maximum absolute atomic E-state index is 12.5. The highest BCUT2D eigenvalue weighted by molar-refractivity contribution is 5.83. The average Bonchev–Trinajstić information content (AvgIpc) is 3.25. The molecular weight excluding hydrogens is 384 g/mol. The number of hydrogen-bond acceptors (Lipinski definition) is 9. The number of carbonyl (C=O) groups is 2. The van der Waals surface area contributed by atoms with Crippen molar-refractivity contribution >= 4 is 11.9 Å². The molecule has 0 aliphatic carbocycles. The molecule has 4 heterocycles. The summed E-state index contributed by atoms with van der Waals surface area (Å²) < 4.78 is 34.9. The van der Waals surface area contributed by atoms with Gasteiger partial charge in [0.15, 0.2) is 17.9 Å². The first-order valence-electron chi connectivity index (χ1n) is 10.0. The van der Waals surface area contributed by atoms with Gasteiger partial charge in [-0.25, -0.2) is 0 Å². The van der Waals surface area contributed by atoms with Crippen LogP contribution in [-0.4, -0.2) is 79.9 Å². The molecule has 10 heteroatoms. The van der Waals surface area contributed by atoms with Crippen molar-refractivity contribution in [1.82, 2.24) is 10.6 Å². The zero-order chi connectivity index (χ0) is 21.0. The van der Waals surface area contributed by atoms with E-state index in [2.05, 4.69) is 10.6 Å². The van der Waals surface area contributed by atoms with Crippen LogP contribution >= 0.6 is 0 Å². The van der Waals surface area contributed by atoms with Crippen molar-refractivity contribution < 1.29 is 38.0 Å². The molecular formula is C19H30N2O8. The van der Waals surface area contributed by atoms with Crippen LogP contribution in [0.25, 0.3) is 0 Å². The molecule has 0 aromatic heterocycles. The Hall–Kier alpha value is -1.30. The lowest BCUT2D eigenvalue weighted by Crippen LogP contribution is -2.75. The van der Waals surface area contributed by atoms with E-state index in [9.17, 15) is 9.59 Å². The fourth-order valence-electron chi connectivity index (χ4n) is 4.62. The van der Waals surface area contributed by atoms with Crippen molar-refractivity contribution in [3.63, 3.8) is 0 Å². The van der Waals surface area contributed by atoms with Crippen LogP contribution in [0, 0.1) is 0 Å². The molecule has 4 rings (SSSR count). The van der Waals surface area contributed by atoms with Crippen LogP contribution in [0.3, 0.4) is 0 Å². The third kappa shape index (κ3) is 3.77. The molecule has 4 saturated heterocycles. The third-order valence-corrected chi connectivity index (χ3v) is 5.90. The number of rotatable bonds is 4. The maximum atomic E-state index is 12.5. The fraction of sp³-hybridized carbons (Fsp3) is 0.895. The number of nitrogens with one attached hydrogen (secondary N) is 2. The van der Waals surface area contributed by atoms with E-state index < -0.39 is 41.7 Å². The number of carbonyl (C=O) groups excluding carboxylic acids is 2. The minimum atomic E-state index is -0.815. The van der Waals surface area contributed by atoms with Gasteiger partial charge in [-0.3, -0.25) is 14.9 Å². The van der Waals surface area contributed by atoms with Crippen LogP contribution in [0.4, 0.5) is 0 Å². The number of fused-ring (bicyclic) bond motifs is 2. The zero-order valence-corrected chi connectivity index (χ0v) is 17.5. The predicted molar refractivity (Wildman–Crippen MR) is 97.5 cm³/mol. The molecule has 4 aliphatic rings. The lowest BCUT2D eigenvalue weighted by molar-refractivity contribution is -0.232. The summed E-state index contributed by atoms with van der Waals surface area (Å²) in [5.74, 6) is -2.09. The quantitative estimate of drug-likeness (QED) is 0.604.